The molecule has 8 nitrogen and oxygen atoms in total. The summed E-state index contributed by atoms with van der Waals surface area (Å²) in [5, 5.41) is 0. The Labute approximate surface area is 390 Å². The van der Waals surface area contributed by atoms with Gasteiger partial charge in [0.1, 0.15) is 19.3 Å². The first-order valence-corrected chi connectivity index (χ1v) is 26.7. The van der Waals surface area contributed by atoms with Gasteiger partial charge in [-0.1, -0.05) is 121 Å². The molecule has 0 bridgehead atoms. The second kappa shape index (κ2) is 22.4. The summed E-state index contributed by atoms with van der Waals surface area (Å²) in [4.78, 5) is 26.1. The van der Waals surface area contributed by atoms with Gasteiger partial charge in [-0.25, -0.2) is 4.79 Å². The summed E-state index contributed by atoms with van der Waals surface area (Å²) >= 11 is 0. The van der Waals surface area contributed by atoms with E-state index in [1.54, 1.807) is 0 Å². The Morgan fingerprint density at radius 1 is 0.938 bits per heavy atom. The van der Waals surface area contributed by atoms with Gasteiger partial charge < -0.3 is 27.9 Å². The number of fused-ring (bicyclic) bond motifs is 5. The van der Waals surface area contributed by atoms with Crippen LogP contribution in [0.2, 0.25) is 0 Å². The van der Waals surface area contributed by atoms with Gasteiger partial charge >= 0.3 is 5.97 Å². The molecule has 64 heavy (non-hydrogen) atoms. The van der Waals surface area contributed by atoms with Crippen LogP contribution in [0.4, 0.5) is 0 Å². The number of phosphoric acid groups is 1. The molecule has 3 saturated carbocycles. The summed E-state index contributed by atoms with van der Waals surface area (Å²) < 4.78 is 36.3. The van der Waals surface area contributed by atoms with Crippen LogP contribution >= 0.6 is 7.82 Å². The average Bonchev–Trinajstić information content (AvgIpc) is 3.55. The number of quaternary nitrogens is 1. The normalized spacial score (nSPS) is 32.0. The lowest BCUT2D eigenvalue weighted by atomic mass is 9.47. The van der Waals surface area contributed by atoms with Crippen LogP contribution in [0, 0.1) is 51.8 Å². The third-order valence-corrected chi connectivity index (χ3v) is 17.6. The summed E-state index contributed by atoms with van der Waals surface area (Å²) in [5.41, 5.74) is 7.07. The van der Waals surface area contributed by atoms with Crippen molar-refractivity contribution in [1.82, 2.24) is 0 Å². The number of carbonyl (C=O) groups excluding carboxylic acids is 1. The zero-order valence-electron chi connectivity index (χ0n) is 42.6. The molecular formula is C55H90NO7P. The lowest BCUT2D eigenvalue weighted by Gasteiger charge is -2.58. The summed E-state index contributed by atoms with van der Waals surface area (Å²) in [5.74, 6) is 4.15. The topological polar surface area (TPSA) is 94.1 Å². The molecule has 0 aromatic rings. The predicted molar refractivity (Wildman–Crippen MR) is 261 cm³/mol. The lowest BCUT2D eigenvalue weighted by molar-refractivity contribution is -0.870. The number of likely N-dealkylation sites (N-methyl/N-ethyl adjacent to an activating group) is 1. The molecule has 0 aliphatic heterocycles. The van der Waals surface area contributed by atoms with Crippen LogP contribution in [0.5, 0.6) is 0 Å². The van der Waals surface area contributed by atoms with Crippen molar-refractivity contribution in [3.8, 4) is 0 Å². The van der Waals surface area contributed by atoms with E-state index in [0.717, 1.165) is 60.8 Å². The molecule has 0 amide bonds. The van der Waals surface area contributed by atoms with Crippen LogP contribution in [0.1, 0.15) is 159 Å². The zero-order chi connectivity index (χ0) is 47.1. The van der Waals surface area contributed by atoms with E-state index in [0.29, 0.717) is 27.9 Å². The Morgan fingerprint density at radius 3 is 2.39 bits per heavy atom. The largest absolute Gasteiger partial charge is 0.756 e. The van der Waals surface area contributed by atoms with E-state index in [9.17, 15) is 14.3 Å². The Hall–Kier alpha value is -2.06. The summed E-state index contributed by atoms with van der Waals surface area (Å²) in [6.45, 7) is 23.4. The van der Waals surface area contributed by atoms with Crippen molar-refractivity contribution in [1.29, 1.82) is 0 Å². The first kappa shape index (κ1) is 52.9. The summed E-state index contributed by atoms with van der Waals surface area (Å²) in [7, 11) is 1.25. The van der Waals surface area contributed by atoms with Crippen molar-refractivity contribution in [3.63, 3.8) is 0 Å². The molecule has 0 heterocycles. The van der Waals surface area contributed by atoms with E-state index in [-0.39, 0.29) is 36.8 Å². The summed E-state index contributed by atoms with van der Waals surface area (Å²) in [6, 6.07) is 0. The second-order valence-electron chi connectivity index (χ2n) is 23.6. The van der Waals surface area contributed by atoms with Crippen LogP contribution in [0.3, 0.4) is 0 Å². The standard InChI is InChI=1S/C55H90NO7P/c1-39(2)17-14-20-43(6)49-26-27-50-47-24-23-44-36-45(28-31-54(44,9)51(47)29-32-55(49,50)10)60-37-46(38-62-64(58,59)61-34-33-56(11,12)13)63-52(57)35-41(4)19-15-18-40(3)22-25-48-42(5)21-16-30-53(48,7)8/h15,18-19,22-23,25,35,39,43,45-47,49-51H,14,16-17,20-21,24,26-34,36-38H2,1-13H3/b19-15+,25-22+,40-18+,41-35+/t43-,45+,46?,47+,49-,50+,51+,54+,55-/m1/s1. The average molecular weight is 908 g/mol. The van der Waals surface area contributed by atoms with Gasteiger partial charge in [0.25, 0.3) is 7.82 Å². The minimum absolute atomic E-state index is 0.00532. The smallest absolute Gasteiger partial charge is 0.331 e. The molecule has 362 valence electrons. The maximum Gasteiger partial charge on any atom is 0.331 e. The number of rotatable bonds is 21. The molecule has 5 aliphatic rings. The van der Waals surface area contributed by atoms with Gasteiger partial charge in [-0.15, -0.1) is 0 Å². The maximum atomic E-state index is 13.3. The predicted octanol–water partition coefficient (Wildman–Crippen LogP) is 13.1. The minimum atomic E-state index is -4.64. The van der Waals surface area contributed by atoms with Crippen LogP contribution in [-0.2, 0) is 27.9 Å². The monoisotopic (exact) mass is 908 g/mol. The molecule has 10 atom stereocenters. The van der Waals surface area contributed by atoms with E-state index in [1.165, 1.54) is 87.0 Å². The van der Waals surface area contributed by atoms with Crippen molar-refractivity contribution in [3.05, 3.63) is 70.4 Å². The molecule has 0 saturated heterocycles. The van der Waals surface area contributed by atoms with E-state index in [1.807, 2.05) is 46.3 Å². The molecule has 0 aromatic heterocycles. The van der Waals surface area contributed by atoms with Crippen molar-refractivity contribution >= 4 is 13.8 Å². The summed E-state index contributed by atoms with van der Waals surface area (Å²) in [6.07, 6.45) is 30.4. The van der Waals surface area contributed by atoms with Crippen LogP contribution in [-0.4, -0.2) is 70.2 Å². The first-order valence-electron chi connectivity index (χ1n) is 25.3. The highest BCUT2D eigenvalue weighted by Crippen LogP contribution is 2.67. The number of nitrogens with zero attached hydrogens (tertiary/aromatic N) is 1. The lowest BCUT2D eigenvalue weighted by Crippen LogP contribution is -2.51. The SMILES string of the molecule is CC1=C(/C=C/C(C)=C/C=C/C(C)=C/C(=O)OC(CO[C@H]2CC[C@@]3(C)C(=CC[C@H]4[C@@H]5CC[C@H]([C@H](C)CCCC(C)C)[C@@]5(C)CC[C@@H]43)C2)COP(=O)([O-])OCC[N+](C)(C)C)C(C)(C)CCC1. The quantitative estimate of drug-likeness (QED) is 0.0283. The fourth-order valence-electron chi connectivity index (χ4n) is 12.9. The third kappa shape index (κ3) is 14.2. The Morgan fingerprint density at radius 2 is 1.69 bits per heavy atom. The second-order valence-corrected chi connectivity index (χ2v) is 25.0. The van der Waals surface area contributed by atoms with Crippen molar-refractivity contribution < 1.29 is 37.3 Å². The van der Waals surface area contributed by atoms with E-state index >= 15 is 0 Å². The number of carbonyl (C=O) groups is 1. The first-order chi connectivity index (χ1) is 29.9. The maximum absolute atomic E-state index is 13.3. The third-order valence-electron chi connectivity index (χ3n) is 16.6. The fourth-order valence-corrected chi connectivity index (χ4v) is 13.6. The molecule has 0 N–H and O–H groups in total. The van der Waals surface area contributed by atoms with E-state index < -0.39 is 19.9 Å². The van der Waals surface area contributed by atoms with Gasteiger partial charge in [0.05, 0.1) is 40.5 Å². The molecule has 0 aromatic carbocycles. The number of hydrogen-bond donors (Lipinski definition) is 0. The molecular weight excluding hydrogens is 818 g/mol. The van der Waals surface area contributed by atoms with Gasteiger partial charge in [0.2, 0.25) is 0 Å². The van der Waals surface area contributed by atoms with E-state index in [2.05, 4.69) is 80.5 Å². The Balaban J connectivity index is 1.20. The number of allylic oxidation sites excluding steroid dienone is 10. The molecule has 2 unspecified atom stereocenters. The molecule has 5 aliphatic carbocycles. The highest BCUT2D eigenvalue weighted by Gasteiger charge is 2.59. The molecule has 9 heteroatoms. The highest BCUT2D eigenvalue weighted by molar-refractivity contribution is 7.45. The van der Waals surface area contributed by atoms with Gasteiger partial charge in [-0.3, -0.25) is 4.57 Å². The van der Waals surface area contributed by atoms with Crippen LogP contribution in [0.25, 0.3) is 0 Å². The van der Waals surface area contributed by atoms with Crippen molar-refractivity contribution in [2.24, 2.45) is 51.8 Å². The number of phosphoric ester groups is 1. The molecule has 0 radical (unpaired) electrons. The van der Waals surface area contributed by atoms with Crippen LogP contribution in [0.15, 0.2) is 70.4 Å². The van der Waals surface area contributed by atoms with Gasteiger partial charge in [-0.05, 0) is 154 Å². The number of hydrogen-bond acceptors (Lipinski definition) is 7. The molecule has 3 fully saturated rings. The highest BCUT2D eigenvalue weighted by atomic mass is 31.2. The van der Waals surface area contributed by atoms with E-state index in [4.69, 9.17) is 18.5 Å². The van der Waals surface area contributed by atoms with Crippen molar-refractivity contribution in [2.75, 3.05) is 47.5 Å². The number of esters is 1. The van der Waals surface area contributed by atoms with Gasteiger partial charge in [-0.2, -0.15) is 0 Å². The minimum Gasteiger partial charge on any atom is -0.756 e. The Kier molecular flexibility index (Phi) is 18.5. The molecule has 0 spiro atoms. The Bertz CT molecular complexity index is 1830. The van der Waals surface area contributed by atoms with Crippen molar-refractivity contribution in [2.45, 2.75) is 171 Å². The number of ether oxygens (including phenoxy) is 2. The molecule has 5 rings (SSSR count). The fraction of sp³-hybridized carbons (Fsp3) is 0.764. The van der Waals surface area contributed by atoms with Crippen LogP contribution < -0.4 is 4.89 Å². The van der Waals surface area contributed by atoms with Gasteiger partial charge in [0, 0.05) is 6.08 Å². The van der Waals surface area contributed by atoms with Gasteiger partial charge in [0.15, 0.2) is 0 Å². The zero-order valence-corrected chi connectivity index (χ0v) is 43.5.